The van der Waals surface area contributed by atoms with Gasteiger partial charge in [-0.3, -0.25) is 4.79 Å². The zero-order valence-corrected chi connectivity index (χ0v) is 13.0. The van der Waals surface area contributed by atoms with Crippen molar-refractivity contribution in [3.63, 3.8) is 0 Å². The van der Waals surface area contributed by atoms with Gasteiger partial charge >= 0.3 is 5.97 Å². The zero-order chi connectivity index (χ0) is 16.1. The van der Waals surface area contributed by atoms with Crippen LogP contribution in [-0.2, 0) is 9.53 Å². The molecule has 4 nitrogen and oxygen atoms in total. The molecule has 1 heterocycles. The number of methoxy groups -OCH3 is 1. The number of thiophene rings is 1. The number of esters is 1. The molecule has 1 N–H and O–H groups in total. The molecule has 0 unspecified atom stereocenters. The number of anilines is 1. The largest absolute Gasteiger partial charge is 0.465 e. The van der Waals surface area contributed by atoms with Crippen molar-refractivity contribution in [1.29, 1.82) is 0 Å². The second kappa shape index (κ2) is 7.20. The lowest BCUT2D eigenvalue weighted by atomic mass is 10.2. The van der Waals surface area contributed by atoms with Crippen LogP contribution in [0.25, 0.3) is 6.08 Å². The number of ether oxygens (including phenoxy) is 1. The third kappa shape index (κ3) is 3.93. The quantitative estimate of drug-likeness (QED) is 0.677. The molecular weight excluding hydrogens is 329 g/mol. The average molecular weight is 340 g/mol. The van der Waals surface area contributed by atoms with Crippen LogP contribution in [0, 0.1) is 5.82 Å². The van der Waals surface area contributed by atoms with E-state index in [9.17, 15) is 14.0 Å². The maximum absolute atomic E-state index is 13.0. The second-order valence-electron chi connectivity index (χ2n) is 4.15. The van der Waals surface area contributed by atoms with Crippen molar-refractivity contribution in [1.82, 2.24) is 0 Å². The fourth-order valence-electron chi connectivity index (χ4n) is 1.62. The molecule has 0 radical (unpaired) electrons. The van der Waals surface area contributed by atoms with Crippen LogP contribution in [-0.4, -0.2) is 19.0 Å². The Labute approximate surface area is 135 Å². The van der Waals surface area contributed by atoms with Crippen molar-refractivity contribution in [3.05, 3.63) is 57.0 Å². The maximum Gasteiger partial charge on any atom is 0.350 e. The Balaban J connectivity index is 2.07. The molecule has 7 heteroatoms. The van der Waals surface area contributed by atoms with E-state index in [-0.39, 0.29) is 5.02 Å². The Morgan fingerprint density at radius 2 is 2.14 bits per heavy atom. The predicted molar refractivity (Wildman–Crippen MR) is 84.7 cm³/mol. The molecule has 22 heavy (non-hydrogen) atoms. The van der Waals surface area contributed by atoms with Crippen LogP contribution in [0.1, 0.15) is 15.2 Å². The van der Waals surface area contributed by atoms with Crippen LogP contribution >= 0.6 is 22.9 Å². The van der Waals surface area contributed by atoms with E-state index in [1.165, 1.54) is 48.8 Å². The van der Waals surface area contributed by atoms with E-state index in [1.54, 1.807) is 11.4 Å². The number of rotatable bonds is 4. The van der Waals surface area contributed by atoms with Crippen LogP contribution in [0.4, 0.5) is 10.1 Å². The SMILES string of the molecule is COC(=O)c1sccc1NC(=O)/C=C/c1ccc(F)c(Cl)c1. The number of amides is 1. The monoisotopic (exact) mass is 339 g/mol. The van der Waals surface area contributed by atoms with Gasteiger partial charge in [-0.2, -0.15) is 0 Å². The van der Waals surface area contributed by atoms with E-state index < -0.39 is 17.7 Å². The molecule has 0 aliphatic heterocycles. The van der Waals surface area contributed by atoms with E-state index >= 15 is 0 Å². The van der Waals surface area contributed by atoms with Gasteiger partial charge in [0.25, 0.3) is 0 Å². The summed E-state index contributed by atoms with van der Waals surface area (Å²) in [6, 6.07) is 5.73. The van der Waals surface area contributed by atoms with Crippen molar-refractivity contribution in [3.8, 4) is 0 Å². The molecule has 2 aromatic rings. The van der Waals surface area contributed by atoms with Gasteiger partial charge in [-0.15, -0.1) is 11.3 Å². The van der Waals surface area contributed by atoms with E-state index in [4.69, 9.17) is 11.6 Å². The minimum absolute atomic E-state index is 0.0200. The summed E-state index contributed by atoms with van der Waals surface area (Å²) in [6.07, 6.45) is 2.76. The second-order valence-corrected chi connectivity index (χ2v) is 5.47. The molecule has 1 amide bonds. The van der Waals surface area contributed by atoms with Crippen LogP contribution in [0.5, 0.6) is 0 Å². The lowest BCUT2D eigenvalue weighted by Gasteiger charge is -2.02. The van der Waals surface area contributed by atoms with Crippen LogP contribution in [0.3, 0.4) is 0 Å². The van der Waals surface area contributed by atoms with Gasteiger partial charge in [0.2, 0.25) is 5.91 Å². The smallest absolute Gasteiger partial charge is 0.350 e. The molecule has 114 valence electrons. The number of carbonyl (C=O) groups excluding carboxylic acids is 2. The first-order valence-corrected chi connectivity index (χ1v) is 7.37. The lowest BCUT2D eigenvalue weighted by molar-refractivity contribution is -0.111. The highest BCUT2D eigenvalue weighted by Gasteiger charge is 2.14. The van der Waals surface area contributed by atoms with Crippen molar-refractivity contribution >= 4 is 46.6 Å². The van der Waals surface area contributed by atoms with E-state index in [0.29, 0.717) is 16.1 Å². The highest BCUT2D eigenvalue weighted by molar-refractivity contribution is 7.12. The van der Waals surface area contributed by atoms with Crippen molar-refractivity contribution in [2.24, 2.45) is 0 Å². The fourth-order valence-corrected chi connectivity index (χ4v) is 2.58. The minimum Gasteiger partial charge on any atom is -0.465 e. The maximum atomic E-state index is 13.0. The van der Waals surface area contributed by atoms with Gasteiger partial charge < -0.3 is 10.1 Å². The first kappa shape index (κ1) is 16.2. The van der Waals surface area contributed by atoms with Gasteiger partial charge in [0, 0.05) is 6.08 Å². The average Bonchev–Trinajstić information content (AvgIpc) is 2.95. The van der Waals surface area contributed by atoms with Crippen LogP contribution < -0.4 is 5.32 Å². The Morgan fingerprint density at radius 3 is 2.82 bits per heavy atom. The summed E-state index contributed by atoms with van der Waals surface area (Å²) in [6.45, 7) is 0. The summed E-state index contributed by atoms with van der Waals surface area (Å²) < 4.78 is 17.6. The van der Waals surface area contributed by atoms with E-state index in [0.717, 1.165) is 0 Å². The Morgan fingerprint density at radius 1 is 1.36 bits per heavy atom. The summed E-state index contributed by atoms with van der Waals surface area (Å²) in [7, 11) is 1.27. The highest BCUT2D eigenvalue weighted by Crippen LogP contribution is 2.23. The molecule has 0 aliphatic carbocycles. The Bertz CT molecular complexity index is 742. The molecular formula is C15H11ClFNO3S. The number of carbonyl (C=O) groups is 2. The first-order chi connectivity index (χ1) is 10.5. The molecule has 0 saturated carbocycles. The number of nitrogens with one attached hydrogen (secondary N) is 1. The molecule has 2 rings (SSSR count). The third-order valence-electron chi connectivity index (χ3n) is 2.66. The Hall–Kier alpha value is -2.18. The normalized spacial score (nSPS) is 10.7. The number of halogens is 2. The number of benzene rings is 1. The minimum atomic E-state index is -0.524. The standard InChI is InChI=1S/C15H11ClFNO3S/c1-21-15(20)14-12(6-7-22-14)18-13(19)5-3-9-2-4-11(17)10(16)8-9/h2-8H,1H3,(H,18,19)/b5-3+. The van der Waals surface area contributed by atoms with Crippen molar-refractivity contribution < 1.29 is 18.7 Å². The molecule has 0 bridgehead atoms. The molecule has 0 saturated heterocycles. The molecule has 1 aromatic carbocycles. The van der Waals surface area contributed by atoms with Gasteiger partial charge in [0.1, 0.15) is 10.7 Å². The van der Waals surface area contributed by atoms with Crippen molar-refractivity contribution in [2.45, 2.75) is 0 Å². The van der Waals surface area contributed by atoms with Crippen LogP contribution in [0.2, 0.25) is 5.02 Å². The highest BCUT2D eigenvalue weighted by atomic mass is 35.5. The van der Waals surface area contributed by atoms with Gasteiger partial charge in [-0.1, -0.05) is 17.7 Å². The van der Waals surface area contributed by atoms with E-state index in [1.807, 2.05) is 0 Å². The lowest BCUT2D eigenvalue weighted by Crippen LogP contribution is -2.10. The summed E-state index contributed by atoms with van der Waals surface area (Å²) in [5, 5.41) is 4.23. The summed E-state index contributed by atoms with van der Waals surface area (Å²) in [5.41, 5.74) is 0.962. The molecule has 1 aromatic heterocycles. The van der Waals surface area contributed by atoms with Gasteiger partial charge in [-0.05, 0) is 35.2 Å². The summed E-state index contributed by atoms with van der Waals surface area (Å²) >= 11 is 6.83. The van der Waals surface area contributed by atoms with Crippen molar-refractivity contribution in [2.75, 3.05) is 12.4 Å². The van der Waals surface area contributed by atoms with Gasteiger partial charge in [0.05, 0.1) is 17.8 Å². The Kier molecular flexibility index (Phi) is 5.30. The predicted octanol–water partition coefficient (Wildman–Crippen LogP) is 3.98. The number of hydrogen-bond acceptors (Lipinski definition) is 4. The topological polar surface area (TPSA) is 55.4 Å². The molecule has 0 spiro atoms. The molecule has 0 fully saturated rings. The van der Waals surface area contributed by atoms with Gasteiger partial charge in [-0.25, -0.2) is 9.18 Å². The summed E-state index contributed by atoms with van der Waals surface area (Å²) in [4.78, 5) is 23.7. The van der Waals surface area contributed by atoms with Gasteiger partial charge in [0.15, 0.2) is 0 Å². The molecule has 0 atom stereocenters. The first-order valence-electron chi connectivity index (χ1n) is 6.11. The molecule has 0 aliphatic rings. The number of hydrogen-bond donors (Lipinski definition) is 1. The fraction of sp³-hybridized carbons (Fsp3) is 0.0667. The zero-order valence-electron chi connectivity index (χ0n) is 11.4. The van der Waals surface area contributed by atoms with Crippen LogP contribution in [0.15, 0.2) is 35.7 Å². The van der Waals surface area contributed by atoms with E-state index in [2.05, 4.69) is 10.1 Å². The third-order valence-corrected chi connectivity index (χ3v) is 3.85. The summed E-state index contributed by atoms with van der Waals surface area (Å²) in [5.74, 6) is -1.46.